The molecule has 4 nitrogen and oxygen atoms in total. The second-order valence-corrected chi connectivity index (χ2v) is 6.71. The maximum Gasteiger partial charge on any atom is 0.231 e. The molecule has 0 aliphatic carbocycles. The summed E-state index contributed by atoms with van der Waals surface area (Å²) in [5.74, 6) is 1.58. The number of rotatable bonds is 4. The van der Waals surface area contributed by atoms with Gasteiger partial charge in [0.1, 0.15) is 0 Å². The van der Waals surface area contributed by atoms with E-state index in [0.29, 0.717) is 11.7 Å². The van der Waals surface area contributed by atoms with E-state index in [4.69, 9.17) is 21.7 Å². The lowest BCUT2D eigenvalue weighted by Crippen LogP contribution is -2.36. The Hall–Kier alpha value is -2.79. The number of hydrogen-bond donors (Lipinski definition) is 2. The van der Waals surface area contributed by atoms with Crippen molar-refractivity contribution in [3.63, 3.8) is 0 Å². The first-order chi connectivity index (χ1) is 12.7. The van der Waals surface area contributed by atoms with Crippen molar-refractivity contribution in [1.29, 1.82) is 0 Å². The molecule has 1 aliphatic heterocycles. The zero-order valence-electron chi connectivity index (χ0n) is 14.5. The maximum atomic E-state index is 5.47. The molecule has 2 N–H and O–H groups in total. The van der Waals surface area contributed by atoms with Gasteiger partial charge < -0.3 is 20.1 Å². The van der Waals surface area contributed by atoms with Crippen molar-refractivity contribution in [3.8, 4) is 11.5 Å². The lowest BCUT2D eigenvalue weighted by Gasteiger charge is -2.19. The van der Waals surface area contributed by atoms with E-state index >= 15 is 0 Å². The van der Waals surface area contributed by atoms with E-state index in [-0.39, 0.29) is 12.8 Å². The molecule has 1 heterocycles. The minimum Gasteiger partial charge on any atom is -0.454 e. The fourth-order valence-electron chi connectivity index (χ4n) is 3.19. The van der Waals surface area contributed by atoms with Crippen molar-refractivity contribution in [2.45, 2.75) is 19.5 Å². The highest BCUT2D eigenvalue weighted by atomic mass is 32.1. The van der Waals surface area contributed by atoms with Crippen LogP contribution in [0.25, 0.3) is 10.8 Å². The van der Waals surface area contributed by atoms with Gasteiger partial charge in [0.05, 0.1) is 6.04 Å². The van der Waals surface area contributed by atoms with Crippen LogP contribution in [0.2, 0.25) is 0 Å². The fourth-order valence-corrected chi connectivity index (χ4v) is 3.44. The Bertz CT molecular complexity index is 952. The molecule has 0 saturated carbocycles. The summed E-state index contributed by atoms with van der Waals surface area (Å²) in [6.45, 7) is 3.04. The first-order valence-corrected chi connectivity index (χ1v) is 9.02. The predicted molar refractivity (Wildman–Crippen MR) is 108 cm³/mol. The van der Waals surface area contributed by atoms with Gasteiger partial charge in [0.15, 0.2) is 16.6 Å². The van der Waals surface area contributed by atoms with E-state index in [9.17, 15) is 0 Å². The number of fused-ring (bicyclic) bond motifs is 2. The van der Waals surface area contributed by atoms with Crippen molar-refractivity contribution >= 4 is 28.1 Å². The largest absolute Gasteiger partial charge is 0.454 e. The van der Waals surface area contributed by atoms with Gasteiger partial charge in [-0.1, -0.05) is 48.5 Å². The summed E-state index contributed by atoms with van der Waals surface area (Å²) in [6, 6.07) is 20.8. The molecule has 0 radical (unpaired) electrons. The normalized spacial score (nSPS) is 13.4. The standard InChI is InChI=1S/C21H20N2O2S/c1-14(17-8-4-6-16-5-2-3-7-18(16)17)23-21(26)22-12-15-9-10-19-20(11-15)25-13-24-19/h2-11,14H,12-13H2,1H3,(H2,22,23,26)/t14-/m0/s1. The molecule has 0 amide bonds. The summed E-state index contributed by atoms with van der Waals surface area (Å²) in [7, 11) is 0. The van der Waals surface area contributed by atoms with Crippen LogP contribution in [0.15, 0.2) is 60.7 Å². The van der Waals surface area contributed by atoms with Crippen LogP contribution in [0.4, 0.5) is 0 Å². The van der Waals surface area contributed by atoms with Crippen molar-refractivity contribution < 1.29 is 9.47 Å². The van der Waals surface area contributed by atoms with Crippen LogP contribution in [0.3, 0.4) is 0 Å². The topological polar surface area (TPSA) is 42.5 Å². The average Bonchev–Trinajstić information content (AvgIpc) is 3.13. The molecule has 0 aromatic heterocycles. The Morgan fingerprint density at radius 1 is 1.04 bits per heavy atom. The molecule has 132 valence electrons. The van der Waals surface area contributed by atoms with Gasteiger partial charge in [-0.3, -0.25) is 0 Å². The molecule has 1 atom stereocenters. The molecule has 5 heteroatoms. The van der Waals surface area contributed by atoms with Gasteiger partial charge in [0.25, 0.3) is 0 Å². The number of benzene rings is 3. The van der Waals surface area contributed by atoms with Crippen LogP contribution in [0.1, 0.15) is 24.1 Å². The highest BCUT2D eigenvalue weighted by Crippen LogP contribution is 2.32. The van der Waals surface area contributed by atoms with Crippen molar-refractivity contribution in [2.24, 2.45) is 0 Å². The second kappa shape index (κ2) is 7.22. The van der Waals surface area contributed by atoms with Gasteiger partial charge in [0, 0.05) is 6.54 Å². The quantitative estimate of drug-likeness (QED) is 0.676. The number of hydrogen-bond acceptors (Lipinski definition) is 3. The number of ether oxygens (including phenoxy) is 2. The fraction of sp³-hybridized carbons (Fsp3) is 0.190. The van der Waals surface area contributed by atoms with E-state index in [1.165, 1.54) is 16.3 Å². The first-order valence-electron chi connectivity index (χ1n) is 8.61. The molecule has 3 aromatic carbocycles. The third-order valence-electron chi connectivity index (χ3n) is 4.53. The van der Waals surface area contributed by atoms with Crippen LogP contribution in [0.5, 0.6) is 11.5 Å². The zero-order chi connectivity index (χ0) is 17.9. The highest BCUT2D eigenvalue weighted by Gasteiger charge is 2.14. The minimum atomic E-state index is 0.109. The smallest absolute Gasteiger partial charge is 0.231 e. The molecule has 0 spiro atoms. The summed E-state index contributed by atoms with van der Waals surface area (Å²) < 4.78 is 10.7. The molecule has 0 saturated heterocycles. The van der Waals surface area contributed by atoms with Crippen molar-refractivity contribution in [3.05, 3.63) is 71.8 Å². The van der Waals surface area contributed by atoms with Crippen molar-refractivity contribution in [1.82, 2.24) is 10.6 Å². The van der Waals surface area contributed by atoms with E-state index < -0.39 is 0 Å². The molecule has 3 aromatic rings. The SMILES string of the molecule is C[C@H](NC(=S)NCc1ccc2c(c1)OCO2)c1cccc2ccccc12. The van der Waals surface area contributed by atoms with E-state index in [0.717, 1.165) is 17.1 Å². The van der Waals surface area contributed by atoms with Gasteiger partial charge >= 0.3 is 0 Å². The average molecular weight is 364 g/mol. The Morgan fingerprint density at radius 3 is 2.77 bits per heavy atom. The Balaban J connectivity index is 1.40. The van der Waals surface area contributed by atoms with Crippen LogP contribution < -0.4 is 20.1 Å². The number of thiocarbonyl (C=S) groups is 1. The number of nitrogens with one attached hydrogen (secondary N) is 2. The van der Waals surface area contributed by atoms with Crippen LogP contribution in [-0.4, -0.2) is 11.9 Å². The van der Waals surface area contributed by atoms with Crippen molar-refractivity contribution in [2.75, 3.05) is 6.79 Å². The van der Waals surface area contributed by atoms with E-state index in [1.54, 1.807) is 0 Å². The summed E-state index contributed by atoms with van der Waals surface area (Å²) in [5.41, 5.74) is 2.33. The molecule has 0 unspecified atom stereocenters. The molecule has 4 rings (SSSR count). The minimum absolute atomic E-state index is 0.109. The monoisotopic (exact) mass is 364 g/mol. The lowest BCUT2D eigenvalue weighted by molar-refractivity contribution is 0.174. The van der Waals surface area contributed by atoms with Gasteiger partial charge in [-0.2, -0.15) is 0 Å². The Kier molecular flexibility index (Phi) is 4.63. The van der Waals surface area contributed by atoms with Crippen LogP contribution >= 0.6 is 12.2 Å². The van der Waals surface area contributed by atoms with Gasteiger partial charge in [0.2, 0.25) is 6.79 Å². The Labute approximate surface area is 158 Å². The molecule has 26 heavy (non-hydrogen) atoms. The third kappa shape index (κ3) is 3.44. The van der Waals surface area contributed by atoms with Gasteiger partial charge in [-0.25, -0.2) is 0 Å². The molecule has 0 bridgehead atoms. The summed E-state index contributed by atoms with van der Waals surface area (Å²) in [6.07, 6.45) is 0. The second-order valence-electron chi connectivity index (χ2n) is 6.30. The van der Waals surface area contributed by atoms with E-state index in [2.05, 4.69) is 60.0 Å². The molecular formula is C21H20N2O2S. The predicted octanol–water partition coefficient (Wildman–Crippen LogP) is 4.29. The molecular weight excluding hydrogens is 344 g/mol. The molecule has 1 aliphatic rings. The lowest BCUT2D eigenvalue weighted by atomic mass is 10.00. The maximum absolute atomic E-state index is 5.47. The highest BCUT2D eigenvalue weighted by molar-refractivity contribution is 7.80. The summed E-state index contributed by atoms with van der Waals surface area (Å²) >= 11 is 5.47. The van der Waals surface area contributed by atoms with Crippen LogP contribution in [-0.2, 0) is 6.54 Å². The zero-order valence-corrected chi connectivity index (χ0v) is 15.3. The third-order valence-corrected chi connectivity index (χ3v) is 4.79. The summed E-state index contributed by atoms with van der Waals surface area (Å²) in [5, 5.41) is 9.74. The first kappa shape index (κ1) is 16.7. The van der Waals surface area contributed by atoms with Crippen LogP contribution in [0, 0.1) is 0 Å². The molecule has 0 fully saturated rings. The van der Waals surface area contributed by atoms with E-state index in [1.807, 2.05) is 18.2 Å². The van der Waals surface area contributed by atoms with Gasteiger partial charge in [-0.05, 0) is 53.2 Å². The summed E-state index contributed by atoms with van der Waals surface area (Å²) in [4.78, 5) is 0. The Morgan fingerprint density at radius 2 is 1.85 bits per heavy atom. The van der Waals surface area contributed by atoms with Gasteiger partial charge in [-0.15, -0.1) is 0 Å².